The summed E-state index contributed by atoms with van der Waals surface area (Å²) < 4.78 is 40.3. The topological polar surface area (TPSA) is 24.8 Å². The molecule has 0 aliphatic carbocycles. The van der Waals surface area contributed by atoms with E-state index in [2.05, 4.69) is 5.10 Å². The van der Waals surface area contributed by atoms with Gasteiger partial charge in [-0.3, -0.25) is 5.01 Å². The van der Waals surface area contributed by atoms with E-state index in [-0.39, 0.29) is 12.3 Å². The van der Waals surface area contributed by atoms with Crippen LogP contribution in [0.1, 0.15) is 12.8 Å². The predicted octanol–water partition coefficient (Wildman–Crippen LogP) is 1.65. The number of ether oxygens (including phenoxy) is 1. The van der Waals surface area contributed by atoms with Gasteiger partial charge in [0.1, 0.15) is 6.21 Å². The summed E-state index contributed by atoms with van der Waals surface area (Å²) in [5, 5.41) is 4.84. The Bertz CT molecular complexity index is 205. The molecule has 1 aliphatic rings. The minimum Gasteiger partial charge on any atom is -0.382 e. The Labute approximate surface area is 80.5 Å². The van der Waals surface area contributed by atoms with Crippen molar-refractivity contribution in [1.29, 1.82) is 0 Å². The number of nitrogens with zero attached hydrogens (tertiary/aromatic N) is 2. The fraction of sp³-hybridized carbons (Fsp3) is 0.875. The number of halogens is 3. The molecule has 0 saturated carbocycles. The van der Waals surface area contributed by atoms with Gasteiger partial charge in [0, 0.05) is 13.7 Å². The lowest BCUT2D eigenvalue weighted by atomic mass is 10.2. The van der Waals surface area contributed by atoms with Gasteiger partial charge in [0.15, 0.2) is 0 Å². The molecule has 6 heteroatoms. The summed E-state index contributed by atoms with van der Waals surface area (Å²) in [6.07, 6.45) is -2.60. The summed E-state index contributed by atoms with van der Waals surface area (Å²) in [6.45, 7) is 0.996. The van der Waals surface area contributed by atoms with Crippen LogP contribution in [0, 0.1) is 0 Å². The molecule has 3 nitrogen and oxygen atoms in total. The highest BCUT2D eigenvalue weighted by Crippen LogP contribution is 2.19. The number of rotatable bonds is 3. The van der Waals surface area contributed by atoms with Gasteiger partial charge in [-0.25, -0.2) is 0 Å². The highest BCUT2D eigenvalue weighted by Gasteiger charge is 2.27. The Morgan fingerprint density at radius 2 is 2.29 bits per heavy atom. The molecule has 0 N–H and O–H groups in total. The lowest BCUT2D eigenvalue weighted by molar-refractivity contribution is -0.0551. The third-order valence-corrected chi connectivity index (χ3v) is 2.06. The first kappa shape index (κ1) is 11.3. The number of alkyl halides is 3. The van der Waals surface area contributed by atoms with Crippen LogP contribution in [0.3, 0.4) is 0 Å². The lowest BCUT2D eigenvalue weighted by Crippen LogP contribution is -2.29. The lowest BCUT2D eigenvalue weighted by Gasteiger charge is -2.20. The number of hydrogen-bond donors (Lipinski definition) is 0. The molecule has 1 heterocycles. The smallest absolute Gasteiger partial charge is 0.382 e. The first-order valence-corrected chi connectivity index (χ1v) is 4.40. The zero-order chi connectivity index (χ0) is 10.6. The van der Waals surface area contributed by atoms with E-state index in [1.165, 1.54) is 12.1 Å². The molecule has 82 valence electrons. The maximum Gasteiger partial charge on any atom is 0.428 e. The molecule has 1 saturated heterocycles. The molecule has 14 heavy (non-hydrogen) atoms. The summed E-state index contributed by atoms with van der Waals surface area (Å²) in [4.78, 5) is 0. The van der Waals surface area contributed by atoms with Crippen LogP contribution in [0.2, 0.25) is 0 Å². The molecule has 0 aromatic heterocycles. The average molecular weight is 210 g/mol. The second-order valence-corrected chi connectivity index (χ2v) is 3.20. The second-order valence-electron chi connectivity index (χ2n) is 3.20. The molecule has 0 aromatic rings. The van der Waals surface area contributed by atoms with Crippen molar-refractivity contribution in [3.8, 4) is 0 Å². The van der Waals surface area contributed by atoms with Gasteiger partial charge in [0.2, 0.25) is 0 Å². The molecule has 0 spiro atoms. The van der Waals surface area contributed by atoms with Gasteiger partial charge < -0.3 is 4.74 Å². The van der Waals surface area contributed by atoms with Crippen molar-refractivity contribution in [2.75, 3.05) is 20.3 Å². The van der Waals surface area contributed by atoms with Crippen LogP contribution in [-0.2, 0) is 4.74 Å². The largest absolute Gasteiger partial charge is 0.428 e. The van der Waals surface area contributed by atoms with Crippen molar-refractivity contribution in [1.82, 2.24) is 5.01 Å². The highest BCUT2D eigenvalue weighted by molar-refractivity contribution is 5.63. The van der Waals surface area contributed by atoms with Crippen molar-refractivity contribution in [2.24, 2.45) is 5.10 Å². The maximum atomic E-state index is 11.8. The van der Waals surface area contributed by atoms with Crippen LogP contribution in [0.25, 0.3) is 0 Å². The molecule has 0 unspecified atom stereocenters. The second kappa shape index (κ2) is 4.63. The van der Waals surface area contributed by atoms with Gasteiger partial charge >= 0.3 is 6.18 Å². The molecule has 0 aromatic carbocycles. The fourth-order valence-electron chi connectivity index (χ4n) is 1.47. The molecular formula is C8H13F3N2O. The van der Waals surface area contributed by atoms with E-state index >= 15 is 0 Å². The first-order valence-electron chi connectivity index (χ1n) is 4.40. The quantitative estimate of drug-likeness (QED) is 0.661. The van der Waals surface area contributed by atoms with E-state index in [1.54, 1.807) is 0 Å². The molecule has 1 atom stereocenters. The Hall–Kier alpha value is -0.780. The zero-order valence-corrected chi connectivity index (χ0v) is 7.92. The Kier molecular flexibility index (Phi) is 3.74. The van der Waals surface area contributed by atoms with E-state index in [4.69, 9.17) is 4.74 Å². The average Bonchev–Trinajstić information content (AvgIpc) is 2.48. The normalized spacial score (nSPS) is 23.7. The van der Waals surface area contributed by atoms with Crippen LogP contribution in [-0.4, -0.2) is 43.7 Å². The van der Waals surface area contributed by atoms with Crippen LogP contribution in [0.5, 0.6) is 0 Å². The fourth-order valence-corrected chi connectivity index (χ4v) is 1.47. The minimum absolute atomic E-state index is 0.0152. The van der Waals surface area contributed by atoms with Gasteiger partial charge in [-0.1, -0.05) is 0 Å². The van der Waals surface area contributed by atoms with Crippen LogP contribution in [0.15, 0.2) is 5.10 Å². The Morgan fingerprint density at radius 1 is 1.57 bits per heavy atom. The number of hydrogen-bond acceptors (Lipinski definition) is 3. The summed E-state index contributed by atoms with van der Waals surface area (Å²) in [6, 6.07) is -0.0152. The van der Waals surface area contributed by atoms with Gasteiger partial charge in [-0.05, 0) is 12.8 Å². The highest BCUT2D eigenvalue weighted by atomic mass is 19.4. The van der Waals surface area contributed by atoms with Crippen molar-refractivity contribution in [3.63, 3.8) is 0 Å². The third kappa shape index (κ3) is 3.53. The van der Waals surface area contributed by atoms with Crippen LogP contribution in [0.4, 0.5) is 13.2 Å². The van der Waals surface area contributed by atoms with Crippen molar-refractivity contribution >= 4 is 6.21 Å². The van der Waals surface area contributed by atoms with Gasteiger partial charge in [-0.2, -0.15) is 18.3 Å². The maximum absolute atomic E-state index is 11.8. The minimum atomic E-state index is -4.33. The number of hydrazone groups is 1. The van der Waals surface area contributed by atoms with Crippen molar-refractivity contribution in [2.45, 2.75) is 25.1 Å². The van der Waals surface area contributed by atoms with E-state index in [1.807, 2.05) is 0 Å². The monoisotopic (exact) mass is 210 g/mol. The van der Waals surface area contributed by atoms with E-state index in [0.717, 1.165) is 12.8 Å². The van der Waals surface area contributed by atoms with Gasteiger partial charge in [-0.15, -0.1) is 0 Å². The standard InChI is InChI=1S/C8H13F3N2O/c1-14-5-7-3-2-4-13(7)12-6-8(9,10)11/h6-7H,2-5H2,1H3/b12-6+/t7-/m0/s1. The summed E-state index contributed by atoms with van der Waals surface area (Å²) in [7, 11) is 1.53. The summed E-state index contributed by atoms with van der Waals surface area (Å²) in [5.41, 5.74) is 0. The SMILES string of the molecule is COC[C@@H]1CCCN1/N=C/C(F)(F)F. The summed E-state index contributed by atoms with van der Waals surface area (Å²) >= 11 is 0. The molecule has 0 amide bonds. The molecule has 0 bridgehead atoms. The molecule has 1 rings (SSSR count). The van der Waals surface area contributed by atoms with E-state index < -0.39 is 6.18 Å². The van der Waals surface area contributed by atoms with E-state index in [0.29, 0.717) is 13.2 Å². The summed E-state index contributed by atoms with van der Waals surface area (Å²) in [5.74, 6) is 0. The molecule has 0 radical (unpaired) electrons. The van der Waals surface area contributed by atoms with Crippen molar-refractivity contribution in [3.05, 3.63) is 0 Å². The molecular weight excluding hydrogens is 197 g/mol. The molecule has 1 aliphatic heterocycles. The molecule has 1 fully saturated rings. The number of methoxy groups -OCH3 is 1. The van der Waals surface area contributed by atoms with Crippen LogP contribution >= 0.6 is 0 Å². The third-order valence-electron chi connectivity index (χ3n) is 2.06. The van der Waals surface area contributed by atoms with Gasteiger partial charge in [0.25, 0.3) is 0 Å². The van der Waals surface area contributed by atoms with Gasteiger partial charge in [0.05, 0.1) is 12.6 Å². The predicted molar refractivity (Wildman–Crippen MR) is 46.2 cm³/mol. The van der Waals surface area contributed by atoms with E-state index in [9.17, 15) is 13.2 Å². The Morgan fingerprint density at radius 3 is 2.86 bits per heavy atom. The van der Waals surface area contributed by atoms with Crippen molar-refractivity contribution < 1.29 is 17.9 Å². The van der Waals surface area contributed by atoms with Crippen LogP contribution < -0.4 is 0 Å². The zero-order valence-electron chi connectivity index (χ0n) is 7.92. The first-order chi connectivity index (χ1) is 6.53. The Balaban J connectivity index is 2.47.